The number of rotatable bonds is 7. The third kappa shape index (κ3) is 5.22. The summed E-state index contributed by atoms with van der Waals surface area (Å²) in [5.74, 6) is -0.250. The Morgan fingerprint density at radius 1 is 1.04 bits per heavy atom. The van der Waals surface area contributed by atoms with Crippen molar-refractivity contribution in [2.24, 2.45) is 0 Å². The van der Waals surface area contributed by atoms with E-state index in [1.165, 1.54) is 0 Å². The van der Waals surface area contributed by atoms with Gasteiger partial charge in [0, 0.05) is 23.3 Å². The number of hydrogen-bond donors (Lipinski definition) is 3. The fourth-order valence-electron chi connectivity index (χ4n) is 2.37. The number of amides is 2. The molecule has 0 bridgehead atoms. The zero-order valence-electron chi connectivity index (χ0n) is 13.7. The molecule has 3 N–H and O–H groups in total. The largest absolute Gasteiger partial charge is 0.376 e. The van der Waals surface area contributed by atoms with Crippen molar-refractivity contribution in [3.05, 3.63) is 64.7 Å². The topological polar surface area (TPSA) is 70.2 Å². The highest BCUT2D eigenvalue weighted by Crippen LogP contribution is 2.21. The summed E-state index contributed by atoms with van der Waals surface area (Å²) in [7, 11) is 0. The number of benzene rings is 2. The molecule has 0 radical (unpaired) electrons. The van der Waals surface area contributed by atoms with Crippen LogP contribution in [0.1, 0.15) is 28.8 Å². The zero-order valence-corrected chi connectivity index (χ0v) is 14.5. The van der Waals surface area contributed by atoms with Gasteiger partial charge in [-0.2, -0.15) is 0 Å². The van der Waals surface area contributed by atoms with Gasteiger partial charge in [0.15, 0.2) is 0 Å². The molecule has 0 unspecified atom stereocenters. The van der Waals surface area contributed by atoms with E-state index in [-0.39, 0.29) is 18.4 Å². The molecule has 6 heteroatoms. The number of carbonyl (C=O) groups excluding carboxylic acids is 2. The number of carbonyl (C=O) groups is 2. The highest BCUT2D eigenvalue weighted by atomic mass is 35.5. The van der Waals surface area contributed by atoms with Crippen LogP contribution in [0.25, 0.3) is 0 Å². The standard InChI is InChI=1S/C19H20ClN3O2/c20-14-7-5-13(6-8-14)11-22-18(24)12-21-17-4-2-1-3-16(17)19(25)23-15-9-10-15/h1-8,15,21H,9-12H2,(H,22,24)(H,23,25). The maximum Gasteiger partial charge on any atom is 0.253 e. The average molecular weight is 358 g/mol. The van der Waals surface area contributed by atoms with Crippen molar-refractivity contribution < 1.29 is 9.59 Å². The predicted molar refractivity (Wildman–Crippen MR) is 98.7 cm³/mol. The number of hydrogen-bond acceptors (Lipinski definition) is 3. The van der Waals surface area contributed by atoms with Crippen LogP contribution < -0.4 is 16.0 Å². The van der Waals surface area contributed by atoms with Gasteiger partial charge in [0.1, 0.15) is 0 Å². The van der Waals surface area contributed by atoms with E-state index in [0.717, 1.165) is 18.4 Å². The molecule has 1 fully saturated rings. The number of nitrogens with one attached hydrogen (secondary N) is 3. The zero-order chi connectivity index (χ0) is 17.6. The highest BCUT2D eigenvalue weighted by Gasteiger charge is 2.24. The van der Waals surface area contributed by atoms with Gasteiger partial charge in [0.2, 0.25) is 5.91 Å². The van der Waals surface area contributed by atoms with Crippen molar-refractivity contribution in [3.8, 4) is 0 Å². The molecule has 1 saturated carbocycles. The molecule has 0 spiro atoms. The van der Waals surface area contributed by atoms with Crippen LogP contribution in [-0.4, -0.2) is 24.4 Å². The van der Waals surface area contributed by atoms with E-state index in [4.69, 9.17) is 11.6 Å². The molecular formula is C19H20ClN3O2. The third-order valence-electron chi connectivity index (χ3n) is 3.93. The van der Waals surface area contributed by atoms with E-state index in [2.05, 4.69) is 16.0 Å². The summed E-state index contributed by atoms with van der Waals surface area (Å²) in [5.41, 5.74) is 2.18. The minimum atomic E-state index is -0.146. The van der Waals surface area contributed by atoms with E-state index in [0.29, 0.717) is 28.9 Å². The summed E-state index contributed by atoms with van der Waals surface area (Å²) >= 11 is 5.84. The van der Waals surface area contributed by atoms with Crippen LogP contribution in [0.2, 0.25) is 5.02 Å². The van der Waals surface area contributed by atoms with Crippen LogP contribution in [0.15, 0.2) is 48.5 Å². The molecular weight excluding hydrogens is 338 g/mol. The number of anilines is 1. The van der Waals surface area contributed by atoms with Crippen LogP contribution in [0.3, 0.4) is 0 Å². The monoisotopic (exact) mass is 357 g/mol. The Kier molecular flexibility index (Phi) is 5.56. The maximum absolute atomic E-state index is 12.2. The van der Waals surface area contributed by atoms with Crippen molar-refractivity contribution in [3.63, 3.8) is 0 Å². The molecule has 5 nitrogen and oxygen atoms in total. The van der Waals surface area contributed by atoms with Gasteiger partial charge in [0.05, 0.1) is 12.1 Å². The molecule has 1 aliphatic rings. The number of para-hydroxylation sites is 1. The molecule has 0 saturated heterocycles. The summed E-state index contributed by atoms with van der Waals surface area (Å²) in [6.07, 6.45) is 2.07. The molecule has 0 atom stereocenters. The van der Waals surface area contributed by atoms with Gasteiger partial charge in [-0.15, -0.1) is 0 Å². The second-order valence-corrected chi connectivity index (χ2v) is 6.49. The van der Waals surface area contributed by atoms with Gasteiger partial charge in [-0.1, -0.05) is 35.9 Å². The van der Waals surface area contributed by atoms with Gasteiger partial charge in [-0.25, -0.2) is 0 Å². The number of halogens is 1. The smallest absolute Gasteiger partial charge is 0.253 e. The van der Waals surface area contributed by atoms with Gasteiger partial charge >= 0.3 is 0 Å². The van der Waals surface area contributed by atoms with Gasteiger partial charge < -0.3 is 16.0 Å². The Labute approximate surface area is 151 Å². The van der Waals surface area contributed by atoms with Crippen LogP contribution in [0.4, 0.5) is 5.69 Å². The molecule has 2 aromatic rings. The lowest BCUT2D eigenvalue weighted by Gasteiger charge is -2.12. The second kappa shape index (κ2) is 8.03. The first-order chi connectivity index (χ1) is 12.1. The summed E-state index contributed by atoms with van der Waals surface area (Å²) in [6, 6.07) is 14.8. The summed E-state index contributed by atoms with van der Waals surface area (Å²) in [4.78, 5) is 24.3. The van der Waals surface area contributed by atoms with Crippen molar-refractivity contribution in [1.29, 1.82) is 0 Å². The van der Waals surface area contributed by atoms with E-state index in [1.54, 1.807) is 24.3 Å². The predicted octanol–water partition coefficient (Wildman–Crippen LogP) is 2.96. The lowest BCUT2D eigenvalue weighted by atomic mass is 10.1. The van der Waals surface area contributed by atoms with Crippen LogP contribution in [0.5, 0.6) is 0 Å². The first kappa shape index (κ1) is 17.3. The van der Waals surface area contributed by atoms with Crippen molar-refractivity contribution in [2.45, 2.75) is 25.4 Å². The Morgan fingerprint density at radius 2 is 1.76 bits per heavy atom. The van der Waals surface area contributed by atoms with E-state index >= 15 is 0 Å². The van der Waals surface area contributed by atoms with Gasteiger partial charge in [-0.3, -0.25) is 9.59 Å². The lowest BCUT2D eigenvalue weighted by Crippen LogP contribution is -2.30. The fraction of sp³-hybridized carbons (Fsp3) is 0.263. The summed E-state index contributed by atoms with van der Waals surface area (Å²) in [5, 5.41) is 9.50. The molecule has 130 valence electrons. The summed E-state index contributed by atoms with van der Waals surface area (Å²) in [6.45, 7) is 0.531. The van der Waals surface area contributed by atoms with Crippen molar-refractivity contribution in [1.82, 2.24) is 10.6 Å². The maximum atomic E-state index is 12.2. The first-order valence-corrected chi connectivity index (χ1v) is 8.64. The Balaban J connectivity index is 1.51. The molecule has 3 rings (SSSR count). The molecule has 2 aromatic carbocycles. The first-order valence-electron chi connectivity index (χ1n) is 8.27. The molecule has 2 amide bonds. The average Bonchev–Trinajstić information content (AvgIpc) is 3.43. The van der Waals surface area contributed by atoms with Crippen molar-refractivity contribution in [2.75, 3.05) is 11.9 Å². The molecule has 1 aliphatic carbocycles. The van der Waals surface area contributed by atoms with Crippen LogP contribution in [0, 0.1) is 0 Å². The quantitative estimate of drug-likeness (QED) is 0.713. The Bertz CT molecular complexity index is 758. The van der Waals surface area contributed by atoms with E-state index in [9.17, 15) is 9.59 Å². The van der Waals surface area contributed by atoms with Crippen molar-refractivity contribution >= 4 is 29.1 Å². The summed E-state index contributed by atoms with van der Waals surface area (Å²) < 4.78 is 0. The van der Waals surface area contributed by atoms with Gasteiger partial charge in [-0.05, 0) is 42.7 Å². The Morgan fingerprint density at radius 3 is 2.48 bits per heavy atom. The van der Waals surface area contributed by atoms with Crippen LogP contribution >= 0.6 is 11.6 Å². The molecule has 0 aromatic heterocycles. The normalized spacial score (nSPS) is 13.2. The van der Waals surface area contributed by atoms with E-state index < -0.39 is 0 Å². The fourth-order valence-corrected chi connectivity index (χ4v) is 2.49. The third-order valence-corrected chi connectivity index (χ3v) is 4.18. The highest BCUT2D eigenvalue weighted by molar-refractivity contribution is 6.30. The van der Waals surface area contributed by atoms with E-state index in [1.807, 2.05) is 24.3 Å². The SMILES string of the molecule is O=C(CNc1ccccc1C(=O)NC1CC1)NCc1ccc(Cl)cc1. The minimum absolute atomic E-state index is 0.0985. The minimum Gasteiger partial charge on any atom is -0.376 e. The second-order valence-electron chi connectivity index (χ2n) is 6.05. The van der Waals surface area contributed by atoms with Crippen LogP contribution in [-0.2, 0) is 11.3 Å². The molecule has 0 heterocycles. The lowest BCUT2D eigenvalue weighted by molar-refractivity contribution is -0.119. The molecule has 0 aliphatic heterocycles. The van der Waals surface area contributed by atoms with Gasteiger partial charge in [0.25, 0.3) is 5.91 Å². The molecule has 25 heavy (non-hydrogen) atoms. The Hall–Kier alpha value is -2.53.